The van der Waals surface area contributed by atoms with Crippen LogP contribution in [0.25, 0.3) is 0 Å². The van der Waals surface area contributed by atoms with Crippen LogP contribution in [0.2, 0.25) is 0 Å². The molecule has 0 rings (SSSR count). The second-order valence-electron chi connectivity index (χ2n) is 5.09. The molecule has 4 nitrogen and oxygen atoms in total. The molecular formula is C17H27NO3. The fourth-order valence-corrected chi connectivity index (χ4v) is 1.88. The van der Waals surface area contributed by atoms with E-state index in [9.17, 15) is 14.9 Å². The normalized spacial score (nSPS) is 11.9. The number of hydrogen-bond donors (Lipinski definition) is 0. The van der Waals surface area contributed by atoms with E-state index in [0.717, 1.165) is 57.7 Å². The van der Waals surface area contributed by atoms with E-state index in [4.69, 9.17) is 0 Å². The first kappa shape index (κ1) is 19.4. The zero-order valence-corrected chi connectivity index (χ0v) is 13.1. The van der Waals surface area contributed by atoms with E-state index < -0.39 is 6.04 Å². The molecule has 0 aliphatic heterocycles. The summed E-state index contributed by atoms with van der Waals surface area (Å²) >= 11 is 0. The predicted molar refractivity (Wildman–Crippen MR) is 85.6 cm³/mol. The quantitative estimate of drug-likeness (QED) is 0.134. The fraction of sp³-hybridized carbons (Fsp3) is 0.706. The topological polar surface area (TPSA) is 60.2 Å². The van der Waals surface area contributed by atoms with Crippen LogP contribution in [-0.4, -0.2) is 17.3 Å². The van der Waals surface area contributed by atoms with Crippen LogP contribution in [0.5, 0.6) is 0 Å². The van der Waals surface area contributed by atoms with Gasteiger partial charge in [-0.2, -0.15) is 0 Å². The van der Waals surface area contributed by atoms with Crippen molar-refractivity contribution in [3.8, 4) is 11.8 Å². The van der Waals surface area contributed by atoms with E-state index in [1.165, 1.54) is 0 Å². The molecule has 21 heavy (non-hydrogen) atoms. The predicted octanol–water partition coefficient (Wildman–Crippen LogP) is 4.31. The maximum atomic E-state index is 10.9. The van der Waals surface area contributed by atoms with Crippen molar-refractivity contribution in [3.05, 3.63) is 22.3 Å². The standard InChI is InChI=1S/C17H27NO3/c1-2-3-4-8-11-14-17(18(20)21)15-12-9-6-5-7-10-13-16-19/h11,14,16-17H,2-10,13H2,1H3/b14-11+. The molecule has 0 N–H and O–H groups in total. The Labute approximate surface area is 128 Å². The molecule has 118 valence electrons. The van der Waals surface area contributed by atoms with Gasteiger partial charge in [-0.05, 0) is 37.7 Å². The van der Waals surface area contributed by atoms with Crippen LogP contribution < -0.4 is 0 Å². The number of unbranched alkanes of at least 4 members (excludes halogenated alkanes) is 8. The van der Waals surface area contributed by atoms with Crippen LogP contribution in [0, 0.1) is 22.0 Å². The molecule has 0 saturated heterocycles. The van der Waals surface area contributed by atoms with E-state index in [1.807, 2.05) is 6.08 Å². The highest BCUT2D eigenvalue weighted by molar-refractivity contribution is 5.48. The molecular weight excluding hydrogens is 266 g/mol. The summed E-state index contributed by atoms with van der Waals surface area (Å²) < 4.78 is 0. The van der Waals surface area contributed by atoms with Crippen LogP contribution in [0.15, 0.2) is 12.2 Å². The summed E-state index contributed by atoms with van der Waals surface area (Å²) in [5.41, 5.74) is 0. The number of nitrogens with zero attached hydrogens (tertiary/aromatic N) is 1. The van der Waals surface area contributed by atoms with E-state index in [0.29, 0.717) is 12.8 Å². The summed E-state index contributed by atoms with van der Waals surface area (Å²) in [5.74, 6) is 5.62. The van der Waals surface area contributed by atoms with Gasteiger partial charge < -0.3 is 4.79 Å². The van der Waals surface area contributed by atoms with Gasteiger partial charge in [0.25, 0.3) is 6.04 Å². The summed E-state index contributed by atoms with van der Waals surface area (Å²) in [7, 11) is 0. The van der Waals surface area contributed by atoms with E-state index >= 15 is 0 Å². The number of nitro groups is 1. The number of hydrogen-bond acceptors (Lipinski definition) is 3. The van der Waals surface area contributed by atoms with Crippen molar-refractivity contribution >= 4 is 6.29 Å². The SMILES string of the molecule is CCCCC/C=C/C(C#CCCCCCCC=O)[N+](=O)[O-]. The van der Waals surface area contributed by atoms with Crippen molar-refractivity contribution in [3.63, 3.8) is 0 Å². The maximum absolute atomic E-state index is 10.9. The van der Waals surface area contributed by atoms with Gasteiger partial charge in [0.1, 0.15) is 6.29 Å². The third-order valence-corrected chi connectivity index (χ3v) is 3.14. The second kappa shape index (κ2) is 14.8. The van der Waals surface area contributed by atoms with Gasteiger partial charge in [0.05, 0.1) is 0 Å². The van der Waals surface area contributed by atoms with Crippen molar-refractivity contribution in [2.24, 2.45) is 0 Å². The van der Waals surface area contributed by atoms with Gasteiger partial charge in [-0.25, -0.2) is 0 Å². The molecule has 0 amide bonds. The van der Waals surface area contributed by atoms with Gasteiger partial charge in [-0.1, -0.05) is 44.6 Å². The van der Waals surface area contributed by atoms with Gasteiger partial charge in [-0.15, -0.1) is 0 Å². The molecule has 1 atom stereocenters. The Morgan fingerprint density at radius 2 is 1.81 bits per heavy atom. The Bertz CT molecular complexity index is 366. The van der Waals surface area contributed by atoms with Crippen LogP contribution in [-0.2, 0) is 4.79 Å². The molecule has 0 spiro atoms. The molecule has 1 unspecified atom stereocenters. The summed E-state index contributed by atoms with van der Waals surface area (Å²) in [6.45, 7) is 2.13. The number of allylic oxidation sites excluding steroid dienone is 1. The molecule has 0 aromatic heterocycles. The first-order valence-corrected chi connectivity index (χ1v) is 7.94. The lowest BCUT2D eigenvalue weighted by atomic mass is 10.1. The highest BCUT2D eigenvalue weighted by atomic mass is 16.6. The Balaban J connectivity index is 3.90. The number of carbonyl (C=O) groups excluding carboxylic acids is 1. The van der Waals surface area contributed by atoms with Gasteiger partial charge in [0, 0.05) is 17.8 Å². The molecule has 0 saturated carbocycles. The summed E-state index contributed by atoms with van der Waals surface area (Å²) in [6.07, 6.45) is 13.9. The molecule has 0 aromatic carbocycles. The van der Waals surface area contributed by atoms with E-state index in [1.54, 1.807) is 6.08 Å². The Hall–Kier alpha value is -1.63. The van der Waals surface area contributed by atoms with Crippen LogP contribution in [0.3, 0.4) is 0 Å². The molecule has 0 bridgehead atoms. The average Bonchev–Trinajstić information content (AvgIpc) is 2.47. The first-order valence-electron chi connectivity index (χ1n) is 7.94. The zero-order chi connectivity index (χ0) is 15.8. The monoisotopic (exact) mass is 293 g/mol. The highest BCUT2D eigenvalue weighted by Crippen LogP contribution is 2.04. The Morgan fingerprint density at radius 1 is 1.10 bits per heavy atom. The minimum Gasteiger partial charge on any atom is -0.303 e. The molecule has 4 heteroatoms. The maximum Gasteiger partial charge on any atom is 0.290 e. The largest absolute Gasteiger partial charge is 0.303 e. The molecule has 0 aliphatic carbocycles. The highest BCUT2D eigenvalue weighted by Gasteiger charge is 2.10. The average molecular weight is 293 g/mol. The molecule has 0 fully saturated rings. The number of carbonyl (C=O) groups is 1. The van der Waals surface area contributed by atoms with E-state index in [2.05, 4.69) is 18.8 Å². The first-order chi connectivity index (χ1) is 10.2. The molecule has 0 aromatic rings. The van der Waals surface area contributed by atoms with Crippen LogP contribution in [0.1, 0.15) is 71.1 Å². The Kier molecular flexibility index (Phi) is 13.6. The van der Waals surface area contributed by atoms with Crippen LogP contribution >= 0.6 is 0 Å². The third kappa shape index (κ3) is 13.1. The summed E-state index contributed by atoms with van der Waals surface area (Å²) in [6, 6.07) is -0.873. The molecule has 0 radical (unpaired) electrons. The van der Waals surface area contributed by atoms with Crippen molar-refractivity contribution in [1.29, 1.82) is 0 Å². The summed E-state index contributed by atoms with van der Waals surface area (Å²) in [5, 5.41) is 10.9. The van der Waals surface area contributed by atoms with Crippen molar-refractivity contribution in [2.45, 2.75) is 77.2 Å². The lowest BCUT2D eigenvalue weighted by Gasteiger charge is -1.97. The Morgan fingerprint density at radius 3 is 2.48 bits per heavy atom. The zero-order valence-electron chi connectivity index (χ0n) is 13.1. The fourth-order valence-electron chi connectivity index (χ4n) is 1.88. The van der Waals surface area contributed by atoms with E-state index in [-0.39, 0.29) is 4.92 Å². The van der Waals surface area contributed by atoms with Crippen molar-refractivity contribution in [2.75, 3.05) is 0 Å². The molecule has 0 heterocycles. The minimum atomic E-state index is -0.873. The number of rotatable bonds is 12. The van der Waals surface area contributed by atoms with Gasteiger partial charge >= 0.3 is 0 Å². The smallest absolute Gasteiger partial charge is 0.290 e. The van der Waals surface area contributed by atoms with Crippen LogP contribution in [0.4, 0.5) is 0 Å². The van der Waals surface area contributed by atoms with Crippen molar-refractivity contribution in [1.82, 2.24) is 0 Å². The van der Waals surface area contributed by atoms with Gasteiger partial charge in [-0.3, -0.25) is 10.1 Å². The lowest BCUT2D eigenvalue weighted by molar-refractivity contribution is -0.493. The lowest BCUT2D eigenvalue weighted by Crippen LogP contribution is -2.13. The summed E-state index contributed by atoms with van der Waals surface area (Å²) in [4.78, 5) is 20.7. The van der Waals surface area contributed by atoms with Gasteiger partial charge in [0.15, 0.2) is 0 Å². The van der Waals surface area contributed by atoms with Gasteiger partial charge in [0.2, 0.25) is 0 Å². The van der Waals surface area contributed by atoms with Crippen molar-refractivity contribution < 1.29 is 9.72 Å². The number of aldehydes is 1. The second-order valence-corrected chi connectivity index (χ2v) is 5.09. The third-order valence-electron chi connectivity index (χ3n) is 3.14. The minimum absolute atomic E-state index is 0.340. The molecule has 0 aliphatic rings.